The molecule has 1 aromatic rings. The van der Waals surface area contributed by atoms with Crippen LogP contribution in [0.3, 0.4) is 0 Å². The molecular formula is C9H10BrClN2O2S2. The Labute approximate surface area is 119 Å². The van der Waals surface area contributed by atoms with Crippen LogP contribution in [0.25, 0.3) is 0 Å². The molecule has 4 nitrogen and oxygen atoms in total. The quantitative estimate of drug-likeness (QED) is 0.812. The predicted molar refractivity (Wildman–Crippen MR) is 77.9 cm³/mol. The van der Waals surface area contributed by atoms with E-state index < -0.39 is 15.3 Å². The van der Waals surface area contributed by atoms with Crippen molar-refractivity contribution in [1.82, 2.24) is 0 Å². The number of hydrogen-bond acceptors (Lipinski definition) is 3. The highest BCUT2D eigenvalue weighted by Crippen LogP contribution is 2.27. The molecule has 0 fully saturated rings. The summed E-state index contributed by atoms with van der Waals surface area (Å²) in [5, 5.41) is -0.442. The van der Waals surface area contributed by atoms with Gasteiger partial charge in [0.05, 0.1) is 10.7 Å². The minimum absolute atomic E-state index is 0.0809. The Balaban J connectivity index is 3.02. The maximum absolute atomic E-state index is 11.8. The van der Waals surface area contributed by atoms with Crippen molar-refractivity contribution in [3.63, 3.8) is 0 Å². The average Bonchev–Trinajstić information content (AvgIpc) is 2.21. The van der Waals surface area contributed by atoms with Crippen molar-refractivity contribution in [2.45, 2.75) is 12.2 Å². The Morgan fingerprint density at radius 2 is 2.18 bits per heavy atom. The van der Waals surface area contributed by atoms with Crippen LogP contribution in [-0.2, 0) is 10.0 Å². The molecule has 0 aliphatic rings. The number of thiocarbonyl (C=S) groups is 1. The lowest BCUT2D eigenvalue weighted by Crippen LogP contribution is -2.35. The molecular weight excluding hydrogens is 348 g/mol. The zero-order valence-corrected chi connectivity index (χ0v) is 12.8. The second-order valence-corrected chi connectivity index (χ2v) is 7.08. The van der Waals surface area contributed by atoms with Gasteiger partial charge in [0.2, 0.25) is 10.0 Å². The summed E-state index contributed by atoms with van der Waals surface area (Å²) in [6.45, 7) is 1.43. The molecule has 0 aliphatic carbocycles. The van der Waals surface area contributed by atoms with E-state index in [0.29, 0.717) is 15.2 Å². The predicted octanol–water partition coefficient (Wildman–Crippen LogP) is 2.52. The minimum Gasteiger partial charge on any atom is -0.392 e. The summed E-state index contributed by atoms with van der Waals surface area (Å²) in [5.74, 6) is 0. The van der Waals surface area contributed by atoms with Gasteiger partial charge in [-0.15, -0.1) is 0 Å². The van der Waals surface area contributed by atoms with Gasteiger partial charge in [-0.2, -0.15) is 0 Å². The summed E-state index contributed by atoms with van der Waals surface area (Å²) in [7, 11) is -3.64. The number of sulfonamides is 1. The molecule has 1 unspecified atom stereocenters. The van der Waals surface area contributed by atoms with Crippen LogP contribution in [0.4, 0.5) is 5.69 Å². The van der Waals surface area contributed by atoms with E-state index in [1.165, 1.54) is 6.92 Å². The van der Waals surface area contributed by atoms with Crippen LogP contribution in [0, 0.1) is 0 Å². The highest BCUT2D eigenvalue weighted by molar-refractivity contribution is 9.10. The first kappa shape index (κ1) is 14.7. The summed E-state index contributed by atoms with van der Waals surface area (Å²) in [6, 6.07) is 4.72. The van der Waals surface area contributed by atoms with Crippen LogP contribution in [0.15, 0.2) is 22.7 Å². The number of nitrogens with one attached hydrogen (secondary N) is 1. The molecule has 0 saturated heterocycles. The first-order valence-electron chi connectivity index (χ1n) is 4.50. The zero-order valence-electron chi connectivity index (χ0n) is 8.78. The topological polar surface area (TPSA) is 72.2 Å². The highest BCUT2D eigenvalue weighted by atomic mass is 79.9. The zero-order chi connectivity index (χ0) is 13.2. The average molecular weight is 358 g/mol. The summed E-state index contributed by atoms with van der Waals surface area (Å²) >= 11 is 13.6. The fourth-order valence-corrected chi connectivity index (χ4v) is 3.23. The first-order valence-corrected chi connectivity index (χ1v) is 7.62. The normalized spacial score (nSPS) is 13.1. The second-order valence-electron chi connectivity index (χ2n) is 3.32. The van der Waals surface area contributed by atoms with Crippen LogP contribution in [0.5, 0.6) is 0 Å². The highest BCUT2D eigenvalue weighted by Gasteiger charge is 2.23. The molecule has 1 atom stereocenters. The van der Waals surface area contributed by atoms with E-state index >= 15 is 0 Å². The number of hydrogen-bond donors (Lipinski definition) is 2. The van der Waals surface area contributed by atoms with Gasteiger partial charge in [0.25, 0.3) is 0 Å². The maximum Gasteiger partial charge on any atom is 0.241 e. The Kier molecular flexibility index (Phi) is 4.77. The van der Waals surface area contributed by atoms with Crippen LogP contribution in [-0.4, -0.2) is 18.7 Å². The van der Waals surface area contributed by atoms with Gasteiger partial charge in [-0.05, 0) is 41.1 Å². The first-order chi connectivity index (χ1) is 7.74. The number of anilines is 1. The molecule has 1 rings (SSSR count). The Bertz CT molecular complexity index is 548. The van der Waals surface area contributed by atoms with Crippen LogP contribution in [0.1, 0.15) is 6.92 Å². The van der Waals surface area contributed by atoms with Crippen molar-refractivity contribution in [1.29, 1.82) is 0 Å². The molecule has 3 N–H and O–H groups in total. The molecule has 0 aliphatic heterocycles. The fraction of sp³-hybridized carbons (Fsp3) is 0.222. The SMILES string of the molecule is CC(C(N)=S)S(=O)(=O)Nc1ccc(Cl)cc1Br. The van der Waals surface area contributed by atoms with Gasteiger partial charge in [0.15, 0.2) is 0 Å². The van der Waals surface area contributed by atoms with Crippen molar-refractivity contribution < 1.29 is 8.42 Å². The van der Waals surface area contributed by atoms with E-state index in [1.807, 2.05) is 0 Å². The molecule has 0 heterocycles. The maximum atomic E-state index is 11.8. The van der Waals surface area contributed by atoms with Crippen molar-refractivity contribution >= 4 is 60.4 Å². The molecule has 0 spiro atoms. The molecule has 1 aromatic carbocycles. The lowest BCUT2D eigenvalue weighted by molar-refractivity contribution is 0.598. The summed E-state index contributed by atoms with van der Waals surface area (Å²) in [5.41, 5.74) is 5.70. The smallest absolute Gasteiger partial charge is 0.241 e. The fourth-order valence-electron chi connectivity index (χ4n) is 0.967. The molecule has 0 aromatic heterocycles. The summed E-state index contributed by atoms with van der Waals surface area (Å²) < 4.78 is 26.6. The van der Waals surface area contributed by atoms with E-state index in [-0.39, 0.29) is 4.99 Å². The van der Waals surface area contributed by atoms with Crippen molar-refractivity contribution in [3.05, 3.63) is 27.7 Å². The summed E-state index contributed by atoms with van der Waals surface area (Å²) in [4.78, 5) is -0.0809. The third kappa shape index (κ3) is 3.80. The number of halogens is 2. The molecule has 94 valence electrons. The van der Waals surface area contributed by atoms with Gasteiger partial charge >= 0.3 is 0 Å². The van der Waals surface area contributed by atoms with Crippen LogP contribution >= 0.6 is 39.7 Å². The molecule has 0 saturated carbocycles. The van der Waals surface area contributed by atoms with E-state index in [4.69, 9.17) is 17.3 Å². The largest absolute Gasteiger partial charge is 0.392 e. The van der Waals surface area contributed by atoms with Gasteiger partial charge in [0.1, 0.15) is 5.25 Å². The number of nitrogens with two attached hydrogens (primary N) is 1. The van der Waals surface area contributed by atoms with Gasteiger partial charge < -0.3 is 5.73 Å². The molecule has 17 heavy (non-hydrogen) atoms. The standard InChI is InChI=1S/C9H10BrClN2O2S2/c1-5(9(12)16)17(14,15)13-8-3-2-6(11)4-7(8)10/h2-5,13H,1H3,(H2,12,16). The number of rotatable bonds is 4. The van der Waals surface area contributed by atoms with E-state index in [0.717, 1.165) is 0 Å². The van der Waals surface area contributed by atoms with Gasteiger partial charge in [-0.3, -0.25) is 4.72 Å². The summed E-state index contributed by atoms with van der Waals surface area (Å²) in [6.07, 6.45) is 0. The molecule has 0 amide bonds. The Morgan fingerprint density at radius 3 is 2.65 bits per heavy atom. The monoisotopic (exact) mass is 356 g/mol. The van der Waals surface area contributed by atoms with Crippen molar-refractivity contribution in [2.24, 2.45) is 5.73 Å². The van der Waals surface area contributed by atoms with Gasteiger partial charge in [-0.1, -0.05) is 23.8 Å². The van der Waals surface area contributed by atoms with E-state index in [9.17, 15) is 8.42 Å². The van der Waals surface area contributed by atoms with Gasteiger partial charge in [-0.25, -0.2) is 8.42 Å². The van der Waals surface area contributed by atoms with Crippen LogP contribution < -0.4 is 10.5 Å². The molecule has 8 heteroatoms. The molecule has 0 radical (unpaired) electrons. The van der Waals surface area contributed by atoms with E-state index in [2.05, 4.69) is 32.9 Å². The minimum atomic E-state index is -3.64. The van der Waals surface area contributed by atoms with Gasteiger partial charge in [0, 0.05) is 9.50 Å². The Hall–Kier alpha value is -0.370. The third-order valence-electron chi connectivity index (χ3n) is 2.05. The molecule has 0 bridgehead atoms. The lowest BCUT2D eigenvalue weighted by atomic mass is 10.3. The number of benzene rings is 1. The Morgan fingerprint density at radius 1 is 1.59 bits per heavy atom. The van der Waals surface area contributed by atoms with Crippen molar-refractivity contribution in [3.8, 4) is 0 Å². The lowest BCUT2D eigenvalue weighted by Gasteiger charge is -2.14. The van der Waals surface area contributed by atoms with Crippen LogP contribution in [0.2, 0.25) is 5.02 Å². The van der Waals surface area contributed by atoms with Crippen molar-refractivity contribution in [2.75, 3.05) is 4.72 Å². The third-order valence-corrected chi connectivity index (χ3v) is 5.13. The second kappa shape index (κ2) is 5.51. The van der Waals surface area contributed by atoms with E-state index in [1.54, 1.807) is 18.2 Å².